The lowest BCUT2D eigenvalue weighted by atomic mass is 10.3. The van der Waals surface area contributed by atoms with Crippen molar-refractivity contribution >= 4 is 21.6 Å². The summed E-state index contributed by atoms with van der Waals surface area (Å²) >= 11 is 5.69. The summed E-state index contributed by atoms with van der Waals surface area (Å²) in [5.74, 6) is -1.58. The van der Waals surface area contributed by atoms with Gasteiger partial charge in [-0.05, 0) is 31.0 Å². The molecule has 1 fully saturated rings. The third-order valence-corrected chi connectivity index (χ3v) is 5.30. The topological polar surface area (TPSA) is 37.4 Å². The minimum Gasteiger partial charge on any atom is -0.207 e. The van der Waals surface area contributed by atoms with Gasteiger partial charge < -0.3 is 0 Å². The van der Waals surface area contributed by atoms with Crippen molar-refractivity contribution in [2.45, 2.75) is 23.8 Å². The Morgan fingerprint density at radius 1 is 1.39 bits per heavy atom. The number of halogens is 3. The average Bonchev–Trinajstić information content (AvgIpc) is 2.81. The maximum atomic E-state index is 13.5. The molecule has 0 saturated carbocycles. The molecule has 1 aliphatic rings. The number of hydrogen-bond donors (Lipinski definition) is 0. The van der Waals surface area contributed by atoms with E-state index in [0.717, 1.165) is 16.4 Å². The number of sulfonamides is 1. The molecule has 1 atom stereocenters. The zero-order chi connectivity index (χ0) is 13.3. The second kappa shape index (κ2) is 5.11. The summed E-state index contributed by atoms with van der Waals surface area (Å²) in [6.07, 6.45) is 1.31. The van der Waals surface area contributed by atoms with Crippen LogP contribution in [0.3, 0.4) is 0 Å². The average molecular weight is 296 g/mol. The van der Waals surface area contributed by atoms with Crippen LogP contribution in [-0.4, -0.2) is 31.2 Å². The van der Waals surface area contributed by atoms with E-state index >= 15 is 0 Å². The van der Waals surface area contributed by atoms with Crippen LogP contribution in [0.25, 0.3) is 0 Å². The van der Waals surface area contributed by atoms with Crippen molar-refractivity contribution in [2.24, 2.45) is 0 Å². The van der Waals surface area contributed by atoms with Crippen LogP contribution in [0.2, 0.25) is 0 Å². The summed E-state index contributed by atoms with van der Waals surface area (Å²) in [6, 6.07) is 2.05. The summed E-state index contributed by atoms with van der Waals surface area (Å²) in [5, 5.41) is 0. The van der Waals surface area contributed by atoms with Gasteiger partial charge in [0.2, 0.25) is 10.0 Å². The van der Waals surface area contributed by atoms with Crippen LogP contribution in [0.4, 0.5) is 8.78 Å². The third kappa shape index (κ3) is 2.37. The van der Waals surface area contributed by atoms with E-state index in [1.165, 1.54) is 0 Å². The van der Waals surface area contributed by atoms with Gasteiger partial charge >= 0.3 is 0 Å². The van der Waals surface area contributed by atoms with Crippen molar-refractivity contribution in [3.63, 3.8) is 0 Å². The van der Waals surface area contributed by atoms with Crippen molar-refractivity contribution in [3.8, 4) is 0 Å². The fourth-order valence-corrected chi connectivity index (χ4v) is 4.25. The Bertz CT molecular complexity index is 550. The summed E-state index contributed by atoms with van der Waals surface area (Å²) in [7, 11) is -4.02. The van der Waals surface area contributed by atoms with E-state index in [-0.39, 0.29) is 18.5 Å². The molecule has 1 aliphatic heterocycles. The molecular weight excluding hydrogens is 284 g/mol. The molecular formula is C11H12ClF2NO2S. The van der Waals surface area contributed by atoms with E-state index in [9.17, 15) is 17.2 Å². The van der Waals surface area contributed by atoms with Crippen LogP contribution in [0.15, 0.2) is 23.1 Å². The fourth-order valence-electron chi connectivity index (χ4n) is 2.08. The van der Waals surface area contributed by atoms with E-state index < -0.39 is 26.6 Å². The van der Waals surface area contributed by atoms with E-state index in [2.05, 4.69) is 0 Å². The van der Waals surface area contributed by atoms with Gasteiger partial charge in [0.1, 0.15) is 16.5 Å². The minimum absolute atomic E-state index is 0.149. The van der Waals surface area contributed by atoms with Crippen molar-refractivity contribution in [3.05, 3.63) is 29.8 Å². The number of hydrogen-bond acceptors (Lipinski definition) is 2. The first-order chi connectivity index (χ1) is 8.46. The summed E-state index contributed by atoms with van der Waals surface area (Å²) in [6.45, 7) is 0.287. The Balaban J connectivity index is 2.45. The SMILES string of the molecule is O=S(=O)(c1cc(F)ccc1F)N1CCCC1CCl. The molecule has 0 aliphatic carbocycles. The van der Waals surface area contributed by atoms with Gasteiger partial charge in [-0.15, -0.1) is 11.6 Å². The molecule has 1 aromatic rings. The van der Waals surface area contributed by atoms with Gasteiger partial charge in [-0.25, -0.2) is 17.2 Å². The van der Waals surface area contributed by atoms with Crippen molar-refractivity contribution < 1.29 is 17.2 Å². The molecule has 2 rings (SSSR count). The predicted octanol–water partition coefficient (Wildman–Crippen LogP) is 2.36. The van der Waals surface area contributed by atoms with Gasteiger partial charge in [0.15, 0.2) is 0 Å². The second-order valence-electron chi connectivity index (χ2n) is 4.14. The summed E-state index contributed by atoms with van der Waals surface area (Å²) < 4.78 is 52.2. The maximum absolute atomic E-state index is 13.5. The molecule has 0 N–H and O–H groups in total. The van der Waals surface area contributed by atoms with Gasteiger partial charge in [-0.2, -0.15) is 4.31 Å². The van der Waals surface area contributed by atoms with Gasteiger partial charge in [-0.3, -0.25) is 0 Å². The zero-order valence-corrected chi connectivity index (χ0v) is 11.0. The Morgan fingerprint density at radius 2 is 2.11 bits per heavy atom. The molecule has 1 saturated heterocycles. The first-order valence-electron chi connectivity index (χ1n) is 5.49. The molecule has 1 unspecified atom stereocenters. The molecule has 100 valence electrons. The Hall–Kier alpha value is -0.720. The van der Waals surface area contributed by atoms with Crippen LogP contribution in [0, 0.1) is 11.6 Å². The smallest absolute Gasteiger partial charge is 0.207 e. The number of nitrogens with zero attached hydrogens (tertiary/aromatic N) is 1. The van der Waals surface area contributed by atoms with Crippen molar-refractivity contribution in [1.29, 1.82) is 0 Å². The van der Waals surface area contributed by atoms with Gasteiger partial charge in [-0.1, -0.05) is 0 Å². The summed E-state index contributed by atoms with van der Waals surface area (Å²) in [4.78, 5) is -0.625. The maximum Gasteiger partial charge on any atom is 0.246 e. The van der Waals surface area contributed by atoms with Crippen molar-refractivity contribution in [1.82, 2.24) is 4.31 Å². The van der Waals surface area contributed by atoms with Crippen molar-refractivity contribution in [2.75, 3.05) is 12.4 Å². The molecule has 1 aromatic carbocycles. The Labute approximate surface area is 109 Å². The Kier molecular flexibility index (Phi) is 3.89. The molecule has 0 radical (unpaired) electrons. The van der Waals surface area contributed by atoms with Crippen LogP contribution < -0.4 is 0 Å². The fraction of sp³-hybridized carbons (Fsp3) is 0.455. The normalized spacial score (nSPS) is 21.4. The molecule has 0 amide bonds. The highest BCUT2D eigenvalue weighted by molar-refractivity contribution is 7.89. The monoisotopic (exact) mass is 295 g/mol. The zero-order valence-electron chi connectivity index (χ0n) is 9.44. The lowest BCUT2D eigenvalue weighted by Crippen LogP contribution is -2.37. The molecule has 0 aromatic heterocycles. The quantitative estimate of drug-likeness (QED) is 0.803. The second-order valence-corrected chi connectivity index (χ2v) is 6.31. The highest BCUT2D eigenvalue weighted by Gasteiger charge is 2.36. The molecule has 0 bridgehead atoms. The van der Waals surface area contributed by atoms with Gasteiger partial charge in [0, 0.05) is 18.5 Å². The van der Waals surface area contributed by atoms with Crippen LogP contribution in [0.5, 0.6) is 0 Å². The number of rotatable bonds is 3. The van der Waals surface area contributed by atoms with Crippen LogP contribution >= 0.6 is 11.6 Å². The lowest BCUT2D eigenvalue weighted by Gasteiger charge is -2.22. The van der Waals surface area contributed by atoms with E-state index in [0.29, 0.717) is 18.9 Å². The summed E-state index contributed by atoms with van der Waals surface area (Å²) in [5.41, 5.74) is 0. The van der Waals surface area contributed by atoms with Crippen LogP contribution in [-0.2, 0) is 10.0 Å². The molecule has 3 nitrogen and oxygen atoms in total. The highest BCUT2D eigenvalue weighted by atomic mass is 35.5. The first-order valence-corrected chi connectivity index (χ1v) is 7.47. The lowest BCUT2D eigenvalue weighted by molar-refractivity contribution is 0.407. The molecule has 1 heterocycles. The van der Waals surface area contributed by atoms with Crippen LogP contribution in [0.1, 0.15) is 12.8 Å². The van der Waals surface area contributed by atoms with Gasteiger partial charge in [0.05, 0.1) is 0 Å². The molecule has 0 spiro atoms. The third-order valence-electron chi connectivity index (χ3n) is 2.98. The van der Waals surface area contributed by atoms with E-state index in [1.54, 1.807) is 0 Å². The molecule has 7 heteroatoms. The standard InChI is InChI=1S/C11H12ClF2NO2S/c12-7-9-2-1-5-15(9)18(16,17)11-6-8(13)3-4-10(11)14/h3-4,6,9H,1-2,5,7H2. The van der Waals surface area contributed by atoms with Gasteiger partial charge in [0.25, 0.3) is 0 Å². The highest BCUT2D eigenvalue weighted by Crippen LogP contribution is 2.28. The number of benzene rings is 1. The predicted molar refractivity (Wildman–Crippen MR) is 64.0 cm³/mol. The van der Waals surface area contributed by atoms with E-state index in [4.69, 9.17) is 11.6 Å². The van der Waals surface area contributed by atoms with E-state index in [1.807, 2.05) is 0 Å². The molecule has 18 heavy (non-hydrogen) atoms. The largest absolute Gasteiger partial charge is 0.246 e. The minimum atomic E-state index is -4.02. The first kappa shape index (κ1) is 13.7. The Morgan fingerprint density at radius 3 is 2.78 bits per heavy atom. The number of alkyl halides is 1.